The van der Waals surface area contributed by atoms with Crippen molar-refractivity contribution in [1.82, 2.24) is 0 Å². The van der Waals surface area contributed by atoms with E-state index in [1.807, 2.05) is 0 Å². The van der Waals surface area contributed by atoms with Crippen LogP contribution in [0.1, 0.15) is 38.5 Å². The molecule has 6 heteroatoms. The summed E-state index contributed by atoms with van der Waals surface area (Å²) in [5, 5.41) is 39.0. The van der Waals surface area contributed by atoms with Crippen LogP contribution in [-0.4, -0.2) is 64.3 Å². The molecule has 6 nitrogen and oxygen atoms in total. The average molecular weight is 328 g/mol. The summed E-state index contributed by atoms with van der Waals surface area (Å²) >= 11 is 0. The van der Waals surface area contributed by atoms with Gasteiger partial charge in [-0.05, 0) is 61.7 Å². The fraction of sp³-hybridized carbons (Fsp3) is 1.00. The molecule has 5 atom stereocenters. The lowest BCUT2D eigenvalue weighted by atomic mass is 9.50. The Morgan fingerprint density at radius 1 is 0.870 bits per heavy atom. The van der Waals surface area contributed by atoms with E-state index in [0.717, 1.165) is 17.8 Å². The van der Waals surface area contributed by atoms with Gasteiger partial charge in [-0.3, -0.25) is 0 Å². The Morgan fingerprint density at radius 2 is 1.43 bits per heavy atom. The summed E-state index contributed by atoms with van der Waals surface area (Å²) in [5.74, 6) is 2.46. The van der Waals surface area contributed by atoms with Crippen LogP contribution in [-0.2, 0) is 9.47 Å². The van der Waals surface area contributed by atoms with Crippen LogP contribution in [0, 0.1) is 23.2 Å². The molecule has 4 N–H and O–H groups in total. The van der Waals surface area contributed by atoms with E-state index in [2.05, 4.69) is 0 Å². The fourth-order valence-corrected chi connectivity index (χ4v) is 5.93. The zero-order chi connectivity index (χ0) is 16.2. The zero-order valence-electron chi connectivity index (χ0n) is 13.4. The van der Waals surface area contributed by atoms with Crippen molar-refractivity contribution in [2.45, 2.75) is 69.2 Å². The van der Waals surface area contributed by atoms with E-state index < -0.39 is 37.3 Å². The normalized spacial score (nSPS) is 55.3. The second-order valence-electron chi connectivity index (χ2n) is 8.43. The van der Waals surface area contributed by atoms with Crippen molar-refractivity contribution in [2.75, 3.05) is 13.2 Å². The van der Waals surface area contributed by atoms with E-state index in [1.165, 1.54) is 38.5 Å². The third kappa shape index (κ3) is 2.83. The first kappa shape index (κ1) is 16.2. The molecule has 4 bridgehead atoms. The molecular weight excluding hydrogens is 300 g/mol. The maximum Gasteiger partial charge on any atom is 0.186 e. The second-order valence-corrected chi connectivity index (χ2v) is 8.43. The van der Waals surface area contributed by atoms with Gasteiger partial charge >= 0.3 is 0 Å². The Labute approximate surface area is 136 Å². The third-order valence-electron chi connectivity index (χ3n) is 6.57. The van der Waals surface area contributed by atoms with Crippen molar-refractivity contribution in [3.05, 3.63) is 0 Å². The second kappa shape index (κ2) is 5.93. The van der Waals surface area contributed by atoms with E-state index in [1.54, 1.807) is 0 Å². The first-order valence-corrected chi connectivity index (χ1v) is 8.92. The molecule has 4 aliphatic carbocycles. The van der Waals surface area contributed by atoms with Gasteiger partial charge < -0.3 is 29.9 Å². The van der Waals surface area contributed by atoms with Crippen molar-refractivity contribution in [3.8, 4) is 0 Å². The summed E-state index contributed by atoms with van der Waals surface area (Å²) in [4.78, 5) is 0. The van der Waals surface area contributed by atoms with E-state index in [4.69, 9.17) is 9.47 Å². The Balaban J connectivity index is 1.40. The highest BCUT2D eigenvalue weighted by Crippen LogP contribution is 2.60. The van der Waals surface area contributed by atoms with Gasteiger partial charge in [-0.1, -0.05) is 0 Å². The minimum Gasteiger partial charge on any atom is -0.394 e. The standard InChI is InChI=1S/C17H28O6/c18-7-12-13(19)14(20)15(21)16(23-12)22-8-17-4-9-1-10(5-17)3-11(2-9)6-17/h9-16,18-21H,1-8H2/t9?,10?,11?,12-,13-,14+,15+,16+,17?/m1/s1. The van der Waals surface area contributed by atoms with Gasteiger partial charge in [-0.15, -0.1) is 0 Å². The molecule has 1 saturated heterocycles. The Morgan fingerprint density at radius 3 is 1.96 bits per heavy atom. The van der Waals surface area contributed by atoms with Crippen molar-refractivity contribution in [2.24, 2.45) is 23.2 Å². The summed E-state index contributed by atoms with van der Waals surface area (Å²) in [7, 11) is 0. The molecule has 5 fully saturated rings. The van der Waals surface area contributed by atoms with Gasteiger partial charge in [0.25, 0.3) is 0 Å². The minimum atomic E-state index is -1.36. The van der Waals surface area contributed by atoms with Gasteiger partial charge in [0.05, 0.1) is 13.2 Å². The lowest BCUT2D eigenvalue weighted by Crippen LogP contribution is -2.60. The Bertz CT molecular complexity index is 404. The quantitative estimate of drug-likeness (QED) is 0.581. The van der Waals surface area contributed by atoms with Crippen molar-refractivity contribution in [3.63, 3.8) is 0 Å². The van der Waals surface area contributed by atoms with Crippen LogP contribution in [0.3, 0.4) is 0 Å². The molecule has 4 saturated carbocycles. The van der Waals surface area contributed by atoms with E-state index >= 15 is 0 Å². The highest BCUT2D eigenvalue weighted by molar-refractivity contribution is 5.01. The van der Waals surface area contributed by atoms with Crippen molar-refractivity contribution in [1.29, 1.82) is 0 Å². The predicted octanol–water partition coefficient (Wildman–Crippen LogP) is 0.0193. The van der Waals surface area contributed by atoms with Gasteiger partial charge in [0.15, 0.2) is 6.29 Å². The molecule has 0 amide bonds. The third-order valence-corrected chi connectivity index (χ3v) is 6.57. The first-order valence-electron chi connectivity index (χ1n) is 8.92. The highest BCUT2D eigenvalue weighted by Gasteiger charge is 2.52. The molecule has 5 rings (SSSR count). The van der Waals surface area contributed by atoms with Crippen LogP contribution in [0.15, 0.2) is 0 Å². The summed E-state index contributed by atoms with van der Waals surface area (Å²) in [6.07, 6.45) is 1.80. The first-order chi connectivity index (χ1) is 11.0. The van der Waals surface area contributed by atoms with Crippen LogP contribution in [0.25, 0.3) is 0 Å². The summed E-state index contributed by atoms with van der Waals surface area (Å²) < 4.78 is 11.3. The topological polar surface area (TPSA) is 99.4 Å². The molecule has 23 heavy (non-hydrogen) atoms. The molecule has 5 aliphatic rings. The summed E-state index contributed by atoms with van der Waals surface area (Å²) in [6, 6.07) is 0. The lowest BCUT2D eigenvalue weighted by molar-refractivity contribution is -0.309. The van der Waals surface area contributed by atoms with Gasteiger partial charge in [0.1, 0.15) is 24.4 Å². The fourth-order valence-electron chi connectivity index (χ4n) is 5.93. The van der Waals surface area contributed by atoms with Crippen LogP contribution in [0.5, 0.6) is 0 Å². The van der Waals surface area contributed by atoms with E-state index in [-0.39, 0.29) is 5.41 Å². The molecular formula is C17H28O6. The summed E-state index contributed by atoms with van der Waals surface area (Å²) in [5.41, 5.74) is 0.188. The van der Waals surface area contributed by atoms with Gasteiger partial charge in [0, 0.05) is 0 Å². The number of hydrogen-bond acceptors (Lipinski definition) is 6. The smallest absolute Gasteiger partial charge is 0.186 e. The predicted molar refractivity (Wildman–Crippen MR) is 80.3 cm³/mol. The van der Waals surface area contributed by atoms with Crippen LogP contribution in [0.4, 0.5) is 0 Å². The molecule has 0 spiro atoms. The van der Waals surface area contributed by atoms with Crippen molar-refractivity contribution < 1.29 is 29.9 Å². The Hall–Kier alpha value is -0.240. The highest BCUT2D eigenvalue weighted by atomic mass is 16.7. The average Bonchev–Trinajstić information content (AvgIpc) is 2.51. The molecule has 0 aromatic rings. The number of hydrogen-bond donors (Lipinski definition) is 4. The number of rotatable bonds is 4. The summed E-state index contributed by atoms with van der Waals surface area (Å²) in [6.45, 7) is 0.112. The minimum absolute atomic E-state index is 0.188. The van der Waals surface area contributed by atoms with Crippen LogP contribution < -0.4 is 0 Å². The maximum atomic E-state index is 10.1. The maximum absolute atomic E-state index is 10.1. The molecule has 0 radical (unpaired) electrons. The molecule has 0 unspecified atom stereocenters. The van der Waals surface area contributed by atoms with Crippen molar-refractivity contribution >= 4 is 0 Å². The SMILES string of the molecule is OC[C@H]1O[C@H](OCC23CC4CC(CC(C4)C2)C3)[C@@H](O)[C@@H](O)[C@@H]1O. The van der Waals surface area contributed by atoms with Crippen LogP contribution >= 0.6 is 0 Å². The monoisotopic (exact) mass is 328 g/mol. The van der Waals surface area contributed by atoms with Gasteiger partial charge in [0.2, 0.25) is 0 Å². The largest absolute Gasteiger partial charge is 0.394 e. The van der Waals surface area contributed by atoms with E-state index in [0.29, 0.717) is 6.61 Å². The molecule has 0 aromatic carbocycles. The molecule has 0 aromatic heterocycles. The molecule has 1 aliphatic heterocycles. The zero-order valence-corrected chi connectivity index (χ0v) is 13.4. The molecule has 1 heterocycles. The Kier molecular flexibility index (Phi) is 4.19. The van der Waals surface area contributed by atoms with E-state index in [9.17, 15) is 20.4 Å². The lowest BCUT2D eigenvalue weighted by Gasteiger charge is -2.57. The van der Waals surface area contributed by atoms with Gasteiger partial charge in [-0.25, -0.2) is 0 Å². The van der Waals surface area contributed by atoms with Crippen LogP contribution in [0.2, 0.25) is 0 Å². The molecule has 132 valence electrons. The number of ether oxygens (including phenoxy) is 2. The van der Waals surface area contributed by atoms with Gasteiger partial charge in [-0.2, -0.15) is 0 Å². The number of aliphatic hydroxyl groups is 4. The number of aliphatic hydroxyl groups excluding tert-OH is 4.